The summed E-state index contributed by atoms with van der Waals surface area (Å²) < 4.78 is 45.5. The fourth-order valence-electron chi connectivity index (χ4n) is 5.16. The van der Waals surface area contributed by atoms with E-state index in [4.69, 9.17) is 4.74 Å². The Morgan fingerprint density at radius 2 is 1.79 bits per heavy atom. The highest BCUT2D eigenvalue weighted by molar-refractivity contribution is 7.98. The van der Waals surface area contributed by atoms with Crippen molar-refractivity contribution in [2.45, 2.75) is 54.8 Å². The van der Waals surface area contributed by atoms with E-state index in [1.807, 2.05) is 30.3 Å². The number of benzene rings is 2. The van der Waals surface area contributed by atoms with Crippen LogP contribution < -0.4 is 10.1 Å². The Labute approximate surface area is 196 Å². The van der Waals surface area contributed by atoms with Crippen LogP contribution in [0.4, 0.5) is 13.2 Å². The van der Waals surface area contributed by atoms with Crippen molar-refractivity contribution in [2.24, 2.45) is 0 Å². The van der Waals surface area contributed by atoms with Gasteiger partial charge in [-0.3, -0.25) is 9.69 Å². The monoisotopic (exact) mass is 478 g/mol. The van der Waals surface area contributed by atoms with Gasteiger partial charge in [-0.1, -0.05) is 30.3 Å². The third-order valence-corrected chi connectivity index (χ3v) is 7.72. The van der Waals surface area contributed by atoms with Gasteiger partial charge in [-0.25, -0.2) is 0 Å². The lowest BCUT2D eigenvalue weighted by Gasteiger charge is -2.54. The van der Waals surface area contributed by atoms with Crippen molar-refractivity contribution in [1.29, 1.82) is 0 Å². The van der Waals surface area contributed by atoms with Crippen LogP contribution in [-0.4, -0.2) is 42.8 Å². The molecule has 1 N–H and O–H groups in total. The second-order valence-corrected chi connectivity index (χ2v) is 9.57. The van der Waals surface area contributed by atoms with Crippen molar-refractivity contribution in [1.82, 2.24) is 10.2 Å². The van der Waals surface area contributed by atoms with E-state index < -0.39 is 17.6 Å². The van der Waals surface area contributed by atoms with Gasteiger partial charge in [0.2, 0.25) is 0 Å². The smallest absolute Gasteiger partial charge is 0.416 e. The average molecular weight is 479 g/mol. The predicted octanol–water partition coefficient (Wildman–Crippen LogP) is 5.93. The molecule has 8 heteroatoms. The van der Waals surface area contributed by atoms with Crippen LogP contribution in [0.3, 0.4) is 0 Å². The maximum atomic E-state index is 13.6. The molecular formula is C25H29F3N2O2S. The molecule has 0 bridgehead atoms. The molecular weight excluding hydrogens is 449 g/mol. The molecule has 0 spiro atoms. The highest BCUT2D eigenvalue weighted by atomic mass is 32.2. The van der Waals surface area contributed by atoms with E-state index in [9.17, 15) is 18.0 Å². The van der Waals surface area contributed by atoms with Gasteiger partial charge in [0.1, 0.15) is 5.75 Å². The molecule has 1 heterocycles. The number of hydrogen-bond acceptors (Lipinski definition) is 4. The number of thioether (sulfide) groups is 1. The van der Waals surface area contributed by atoms with Crippen molar-refractivity contribution in [3.8, 4) is 5.75 Å². The second kappa shape index (κ2) is 9.58. The summed E-state index contributed by atoms with van der Waals surface area (Å²) in [7, 11) is 1.29. The van der Waals surface area contributed by atoms with Crippen LogP contribution >= 0.6 is 11.8 Å². The summed E-state index contributed by atoms with van der Waals surface area (Å²) in [5.41, 5.74) is 0.155. The molecule has 1 atom stereocenters. The topological polar surface area (TPSA) is 41.6 Å². The van der Waals surface area contributed by atoms with Gasteiger partial charge < -0.3 is 10.1 Å². The fraction of sp³-hybridized carbons (Fsp3) is 0.480. The molecule has 1 aliphatic heterocycles. The molecule has 33 heavy (non-hydrogen) atoms. The summed E-state index contributed by atoms with van der Waals surface area (Å²) in [6, 6.07) is 11.6. The first kappa shape index (κ1) is 24.0. The van der Waals surface area contributed by atoms with Crippen molar-refractivity contribution < 1.29 is 22.7 Å². The van der Waals surface area contributed by atoms with Crippen LogP contribution in [0.1, 0.15) is 59.6 Å². The minimum atomic E-state index is -4.52. The zero-order valence-corrected chi connectivity index (χ0v) is 19.7. The molecule has 1 saturated heterocycles. The SMILES string of the molecule is COc1cc(C(F)(F)F)cc(SC)c1C(=O)NC(c1ccccc1)C1(N2CCCC2)CCC1. The van der Waals surface area contributed by atoms with E-state index in [0.29, 0.717) is 0 Å². The van der Waals surface area contributed by atoms with E-state index in [0.717, 1.165) is 74.7 Å². The number of ether oxygens (including phenoxy) is 1. The molecule has 2 aromatic carbocycles. The van der Waals surface area contributed by atoms with Crippen LogP contribution in [0.5, 0.6) is 5.75 Å². The Bertz CT molecular complexity index is 962. The maximum Gasteiger partial charge on any atom is 0.416 e. The molecule has 4 nitrogen and oxygen atoms in total. The van der Waals surface area contributed by atoms with E-state index in [1.165, 1.54) is 7.11 Å². The number of rotatable bonds is 7. The molecule has 2 aliphatic rings. The third kappa shape index (κ3) is 4.60. The van der Waals surface area contributed by atoms with E-state index in [2.05, 4.69) is 10.2 Å². The van der Waals surface area contributed by atoms with Crippen LogP contribution in [0.15, 0.2) is 47.4 Å². The minimum absolute atomic E-state index is 0.0673. The number of halogens is 3. The lowest BCUT2D eigenvalue weighted by atomic mass is 9.68. The van der Waals surface area contributed by atoms with Crippen molar-refractivity contribution >= 4 is 17.7 Å². The van der Waals surface area contributed by atoms with Gasteiger partial charge in [-0.2, -0.15) is 13.2 Å². The fourth-order valence-corrected chi connectivity index (χ4v) is 5.81. The molecule has 0 aromatic heterocycles. The van der Waals surface area contributed by atoms with E-state index in [1.54, 1.807) is 6.26 Å². The summed E-state index contributed by atoms with van der Waals surface area (Å²) in [5, 5.41) is 3.22. The molecule has 1 aliphatic carbocycles. The minimum Gasteiger partial charge on any atom is -0.496 e. The Morgan fingerprint density at radius 3 is 2.30 bits per heavy atom. The predicted molar refractivity (Wildman–Crippen MR) is 124 cm³/mol. The Morgan fingerprint density at radius 1 is 1.12 bits per heavy atom. The van der Waals surface area contributed by atoms with Crippen LogP contribution in [0.25, 0.3) is 0 Å². The first-order chi connectivity index (χ1) is 15.8. The van der Waals surface area contributed by atoms with Crippen LogP contribution in [-0.2, 0) is 6.18 Å². The number of carbonyl (C=O) groups excluding carboxylic acids is 1. The molecule has 4 rings (SSSR count). The highest BCUT2D eigenvalue weighted by Crippen LogP contribution is 2.48. The molecule has 0 radical (unpaired) electrons. The molecule has 1 amide bonds. The molecule has 2 fully saturated rings. The zero-order chi connectivity index (χ0) is 23.6. The summed E-state index contributed by atoms with van der Waals surface area (Å²) in [6.07, 6.45) is 2.47. The van der Waals surface area contributed by atoms with Crippen molar-refractivity contribution in [3.63, 3.8) is 0 Å². The van der Waals surface area contributed by atoms with Crippen molar-refractivity contribution in [2.75, 3.05) is 26.5 Å². The zero-order valence-electron chi connectivity index (χ0n) is 18.9. The number of alkyl halides is 3. The molecule has 2 aromatic rings. The number of nitrogens with one attached hydrogen (secondary N) is 1. The van der Waals surface area contributed by atoms with Gasteiger partial charge >= 0.3 is 6.18 Å². The van der Waals surface area contributed by atoms with E-state index in [-0.39, 0.29) is 27.8 Å². The number of likely N-dealkylation sites (tertiary alicyclic amines) is 1. The first-order valence-corrected chi connectivity index (χ1v) is 12.5. The average Bonchev–Trinajstić information content (AvgIpc) is 3.31. The molecule has 178 valence electrons. The Balaban J connectivity index is 1.74. The lowest BCUT2D eigenvalue weighted by Crippen LogP contribution is -2.60. The van der Waals surface area contributed by atoms with E-state index >= 15 is 0 Å². The largest absolute Gasteiger partial charge is 0.496 e. The van der Waals surface area contributed by atoms with Gasteiger partial charge in [0.25, 0.3) is 5.91 Å². The summed E-state index contributed by atoms with van der Waals surface area (Å²) in [5.74, 6) is -0.480. The summed E-state index contributed by atoms with van der Waals surface area (Å²) in [4.78, 5) is 16.4. The van der Waals surface area contributed by atoms with Gasteiger partial charge in [0, 0.05) is 10.4 Å². The van der Waals surface area contributed by atoms with Crippen LogP contribution in [0.2, 0.25) is 0 Å². The van der Waals surface area contributed by atoms with Crippen LogP contribution in [0, 0.1) is 0 Å². The number of methoxy groups -OCH3 is 1. The second-order valence-electron chi connectivity index (χ2n) is 8.72. The molecule has 1 saturated carbocycles. The standard InChI is InChI=1S/C25H29F3N2O2S/c1-32-19-15-18(25(26,27)28)16-20(33-2)21(19)23(31)29-22(17-9-4-3-5-10-17)24(11-8-12-24)30-13-6-7-14-30/h3-5,9-10,15-16,22H,6-8,11-14H2,1-2H3,(H,29,31). The third-order valence-electron chi connectivity index (χ3n) is 6.96. The summed E-state index contributed by atoms with van der Waals surface area (Å²) >= 11 is 1.11. The normalized spacial score (nSPS) is 19.1. The quantitative estimate of drug-likeness (QED) is 0.501. The molecule has 1 unspecified atom stereocenters. The Kier molecular flexibility index (Phi) is 6.96. The van der Waals surface area contributed by atoms with Gasteiger partial charge in [-0.05, 0) is 69.1 Å². The Hall–Kier alpha value is -2.19. The summed E-state index contributed by atoms with van der Waals surface area (Å²) in [6.45, 7) is 2.00. The number of hydrogen-bond donors (Lipinski definition) is 1. The number of nitrogens with zero attached hydrogens (tertiary/aromatic N) is 1. The number of carbonyl (C=O) groups is 1. The highest BCUT2D eigenvalue weighted by Gasteiger charge is 2.50. The lowest BCUT2D eigenvalue weighted by molar-refractivity contribution is -0.137. The van der Waals surface area contributed by atoms with Gasteiger partial charge in [0.05, 0.1) is 24.3 Å². The number of amides is 1. The van der Waals surface area contributed by atoms with Gasteiger partial charge in [0.15, 0.2) is 0 Å². The van der Waals surface area contributed by atoms with Gasteiger partial charge in [-0.15, -0.1) is 11.8 Å². The maximum absolute atomic E-state index is 13.6. The van der Waals surface area contributed by atoms with Crippen molar-refractivity contribution in [3.05, 3.63) is 59.2 Å². The first-order valence-electron chi connectivity index (χ1n) is 11.2.